The van der Waals surface area contributed by atoms with Gasteiger partial charge in [-0.05, 0) is 37.6 Å². The van der Waals surface area contributed by atoms with Crippen molar-refractivity contribution in [1.82, 2.24) is 0 Å². The molecule has 0 saturated carbocycles. The van der Waals surface area contributed by atoms with Crippen LogP contribution in [0, 0.1) is 0 Å². The fourth-order valence-corrected chi connectivity index (χ4v) is 2.37. The van der Waals surface area contributed by atoms with Crippen LogP contribution in [-0.4, -0.2) is 32.4 Å². The first-order valence-electron chi connectivity index (χ1n) is 7.18. The highest BCUT2D eigenvalue weighted by Crippen LogP contribution is 2.32. The Morgan fingerprint density at radius 3 is 2.48 bits per heavy atom. The third kappa shape index (κ3) is 8.41. The molecule has 142 valence electrons. The first-order valence-corrected chi connectivity index (χ1v) is 7.92. The molecule has 0 aliphatic rings. The van der Waals surface area contributed by atoms with Crippen LogP contribution in [0.5, 0.6) is 0 Å². The zero-order chi connectivity index (χ0) is 18.1. The molecule has 0 aromatic heterocycles. The van der Waals surface area contributed by atoms with Gasteiger partial charge in [0, 0.05) is 16.6 Å². The lowest BCUT2D eigenvalue weighted by Gasteiger charge is -2.16. The first-order chi connectivity index (χ1) is 11.4. The summed E-state index contributed by atoms with van der Waals surface area (Å²) in [6.07, 6.45) is -0.733. The van der Waals surface area contributed by atoms with Gasteiger partial charge in [0.1, 0.15) is 0 Å². The predicted molar refractivity (Wildman–Crippen MR) is 96.4 cm³/mol. The lowest BCUT2D eigenvalue weighted by molar-refractivity contribution is -0.220. The molecule has 1 amide bonds. The van der Waals surface area contributed by atoms with E-state index in [1.807, 2.05) is 13.8 Å². The molecule has 1 aromatic carbocycles. The molecule has 0 saturated heterocycles. The fourth-order valence-electron chi connectivity index (χ4n) is 1.67. The van der Waals surface area contributed by atoms with E-state index in [0.29, 0.717) is 16.1 Å². The number of rotatable bonds is 8. The van der Waals surface area contributed by atoms with Crippen LogP contribution in [-0.2, 0) is 23.5 Å². The van der Waals surface area contributed by atoms with Crippen molar-refractivity contribution < 1.29 is 28.3 Å². The average molecular weight is 395 g/mol. The second kappa shape index (κ2) is 11.9. The first kappa shape index (κ1) is 23.5. The zero-order valence-corrected chi connectivity index (χ0v) is 16.1. The number of ether oxygens (including phenoxy) is 2. The van der Waals surface area contributed by atoms with Crippen molar-refractivity contribution in [3.63, 3.8) is 0 Å². The van der Waals surface area contributed by atoms with Crippen molar-refractivity contribution in [3.8, 4) is 0 Å². The molecule has 0 aliphatic carbocycles. The van der Waals surface area contributed by atoms with Gasteiger partial charge in [0.15, 0.2) is 0 Å². The van der Waals surface area contributed by atoms with Crippen LogP contribution in [0.3, 0.4) is 0 Å². The Bertz CT molecular complexity index is 573. The smallest absolute Gasteiger partial charge is 0.411 e. The normalized spacial score (nSPS) is 11.4. The molecule has 0 unspecified atom stereocenters. The van der Waals surface area contributed by atoms with Crippen LogP contribution in [0.15, 0.2) is 23.1 Å². The van der Waals surface area contributed by atoms with Gasteiger partial charge in [0.25, 0.3) is 0 Å². The number of esters is 1. The highest BCUT2D eigenvalue weighted by Gasteiger charge is 2.18. The molecule has 0 aliphatic heterocycles. The van der Waals surface area contributed by atoms with E-state index in [1.165, 1.54) is 14.2 Å². The quantitative estimate of drug-likeness (QED) is 0.299. The number of halogens is 1. The van der Waals surface area contributed by atoms with E-state index in [0.717, 1.165) is 12.0 Å². The number of carbonyl (C=O) groups excluding carboxylic acids is 2. The van der Waals surface area contributed by atoms with Crippen molar-refractivity contribution in [3.05, 3.63) is 23.8 Å². The van der Waals surface area contributed by atoms with Gasteiger partial charge in [0.2, 0.25) is 0 Å². The van der Waals surface area contributed by atoms with E-state index in [-0.39, 0.29) is 24.9 Å². The molecular weight excluding hydrogens is 372 g/mol. The Morgan fingerprint density at radius 2 is 1.92 bits per heavy atom. The molecule has 25 heavy (non-hydrogen) atoms. The Labute approximate surface area is 157 Å². The highest BCUT2D eigenvalue weighted by molar-refractivity contribution is 7.94. The Kier molecular flexibility index (Phi) is 11.2. The molecule has 0 bridgehead atoms. The van der Waals surface area contributed by atoms with E-state index in [2.05, 4.69) is 14.8 Å². The minimum absolute atomic E-state index is 0. The van der Waals surface area contributed by atoms with Gasteiger partial charge < -0.3 is 15.2 Å². The number of hydrogen-bond acceptors (Lipinski definition) is 8. The van der Waals surface area contributed by atoms with E-state index < -0.39 is 18.1 Å². The maximum atomic E-state index is 11.5. The monoisotopic (exact) mass is 394 g/mol. The number of methoxy groups -OCH3 is 2. The molecule has 0 radical (unpaired) electrons. The van der Waals surface area contributed by atoms with E-state index in [4.69, 9.17) is 15.0 Å². The van der Waals surface area contributed by atoms with Crippen LogP contribution >= 0.6 is 24.4 Å². The number of benzene rings is 1. The highest BCUT2D eigenvalue weighted by atomic mass is 35.5. The van der Waals surface area contributed by atoms with Gasteiger partial charge in [-0.15, -0.1) is 12.4 Å². The van der Waals surface area contributed by atoms with Crippen LogP contribution in [0.25, 0.3) is 0 Å². The minimum atomic E-state index is -0.637. The second-order valence-electron chi connectivity index (χ2n) is 5.05. The number of anilines is 1. The van der Waals surface area contributed by atoms with Crippen LogP contribution in [0.4, 0.5) is 10.5 Å². The summed E-state index contributed by atoms with van der Waals surface area (Å²) in [5.41, 5.74) is 7.16. The third-order valence-electron chi connectivity index (χ3n) is 2.81. The molecule has 1 atom stereocenters. The van der Waals surface area contributed by atoms with Crippen LogP contribution < -0.4 is 11.1 Å². The number of hydrogen-bond donors (Lipinski definition) is 2. The van der Waals surface area contributed by atoms with Gasteiger partial charge in [-0.1, -0.05) is 0 Å². The summed E-state index contributed by atoms with van der Waals surface area (Å²) in [7, 11) is 2.56. The summed E-state index contributed by atoms with van der Waals surface area (Å²) >= 11 is 0.973. The van der Waals surface area contributed by atoms with Gasteiger partial charge >= 0.3 is 12.1 Å². The summed E-state index contributed by atoms with van der Waals surface area (Å²) in [6.45, 7) is 3.65. The second-order valence-corrected chi connectivity index (χ2v) is 5.79. The van der Waals surface area contributed by atoms with Crippen molar-refractivity contribution >= 4 is 42.2 Å². The molecule has 3 N–H and O–H groups in total. The topological polar surface area (TPSA) is 109 Å². The minimum Gasteiger partial charge on any atom is -0.469 e. The molecule has 0 spiro atoms. The molecule has 8 nitrogen and oxygen atoms in total. The maximum Gasteiger partial charge on any atom is 0.411 e. The zero-order valence-electron chi connectivity index (χ0n) is 14.4. The Hall–Kier alpha value is -1.52. The maximum absolute atomic E-state index is 11.5. The number of nitrogens with one attached hydrogen (secondary N) is 1. The summed E-state index contributed by atoms with van der Waals surface area (Å²) in [6, 6.07) is 4.37. The molecular formula is C15H23ClN2O6S. The molecule has 1 aromatic rings. The summed E-state index contributed by atoms with van der Waals surface area (Å²) in [4.78, 5) is 28.5. The summed E-state index contributed by atoms with van der Waals surface area (Å²) < 4.78 is 14.3. The predicted octanol–water partition coefficient (Wildman–Crippen LogP) is 3.21. The Morgan fingerprint density at radius 1 is 1.24 bits per heavy atom. The van der Waals surface area contributed by atoms with Gasteiger partial charge in [-0.2, -0.15) is 4.33 Å². The van der Waals surface area contributed by atoms with E-state index in [1.54, 1.807) is 18.2 Å². The number of carbonyl (C=O) groups is 2. The van der Waals surface area contributed by atoms with Gasteiger partial charge in [-0.25, -0.2) is 9.68 Å². The largest absolute Gasteiger partial charge is 0.469 e. The molecule has 0 heterocycles. The Balaban J connectivity index is 0.00000576. The number of nitrogens with two attached hydrogens (primary N) is 1. The van der Waals surface area contributed by atoms with Gasteiger partial charge in [0.05, 0.1) is 38.8 Å². The third-order valence-corrected chi connectivity index (χ3v) is 3.51. The standard InChI is InChI=1S/C15H22N2O6S.ClH/c1-9(2)22-23-24-13-6-5-10(17-15(19)21-4)7-11(13)12(16)8-14(18)20-3;/h5-7,9,12H,8,16H2,1-4H3,(H,17,19);1H/t12-;/m1./s1. The van der Waals surface area contributed by atoms with Crippen molar-refractivity contribution in [1.29, 1.82) is 0 Å². The lowest BCUT2D eigenvalue weighted by atomic mass is 10.0. The fraction of sp³-hybridized carbons (Fsp3) is 0.467. The van der Waals surface area contributed by atoms with Crippen molar-refractivity contribution in [2.75, 3.05) is 19.5 Å². The summed E-state index contributed by atoms with van der Waals surface area (Å²) in [5.74, 6) is -0.441. The summed E-state index contributed by atoms with van der Waals surface area (Å²) in [5, 5.41) is 2.54. The van der Waals surface area contributed by atoms with Crippen LogP contribution in [0.1, 0.15) is 31.9 Å². The average Bonchev–Trinajstić information content (AvgIpc) is 2.55. The lowest BCUT2D eigenvalue weighted by Crippen LogP contribution is -2.18. The van der Waals surface area contributed by atoms with Crippen molar-refractivity contribution in [2.24, 2.45) is 5.73 Å². The molecule has 1 rings (SSSR count). The van der Waals surface area contributed by atoms with Crippen LogP contribution in [0.2, 0.25) is 0 Å². The van der Waals surface area contributed by atoms with Gasteiger partial charge in [-0.3, -0.25) is 10.1 Å². The van der Waals surface area contributed by atoms with E-state index in [9.17, 15) is 9.59 Å². The van der Waals surface area contributed by atoms with E-state index >= 15 is 0 Å². The SMILES string of the molecule is COC(=O)C[C@@H](N)c1cc(NC(=O)OC)ccc1SOOC(C)C.Cl. The van der Waals surface area contributed by atoms with Crippen molar-refractivity contribution in [2.45, 2.75) is 37.3 Å². The number of amides is 1. The molecule has 0 fully saturated rings. The molecule has 10 heteroatoms.